The van der Waals surface area contributed by atoms with Crippen molar-refractivity contribution in [1.29, 1.82) is 0 Å². The lowest BCUT2D eigenvalue weighted by Gasteiger charge is -2.17. The molecule has 1 heterocycles. The summed E-state index contributed by atoms with van der Waals surface area (Å²) in [7, 11) is 0. The van der Waals surface area contributed by atoms with Crippen molar-refractivity contribution in [1.82, 2.24) is 15.6 Å². The number of hydrogen-bond acceptors (Lipinski definition) is 3. The molecule has 2 rings (SSSR count). The number of aliphatic hydroxyl groups is 1. The molecule has 1 aromatic heterocycles. The molecule has 0 saturated heterocycles. The number of rotatable bonds is 6. The number of H-pyrrole nitrogens is 1. The van der Waals surface area contributed by atoms with Crippen LogP contribution >= 0.6 is 0 Å². The Morgan fingerprint density at radius 2 is 2.18 bits per heavy atom. The number of carbonyl (C=O) groups is 2. The summed E-state index contributed by atoms with van der Waals surface area (Å²) in [5.41, 5.74) is 1.43. The highest BCUT2D eigenvalue weighted by molar-refractivity contribution is 5.89. The molecule has 6 nitrogen and oxygen atoms in total. The van der Waals surface area contributed by atoms with Gasteiger partial charge in [-0.1, -0.05) is 0 Å². The predicted octanol–water partition coefficient (Wildman–Crippen LogP) is 0.463. The van der Waals surface area contributed by atoms with Crippen LogP contribution in [0.4, 0.5) is 4.39 Å². The first-order valence-electron chi connectivity index (χ1n) is 6.92. The third-order valence-electron chi connectivity index (χ3n) is 3.26. The van der Waals surface area contributed by atoms with E-state index < -0.39 is 6.04 Å². The first-order valence-corrected chi connectivity index (χ1v) is 6.92. The van der Waals surface area contributed by atoms with Gasteiger partial charge in [-0.15, -0.1) is 0 Å². The number of carbonyl (C=O) groups excluding carboxylic acids is 2. The van der Waals surface area contributed by atoms with E-state index in [4.69, 9.17) is 5.11 Å². The van der Waals surface area contributed by atoms with Crippen molar-refractivity contribution in [3.63, 3.8) is 0 Å². The second kappa shape index (κ2) is 7.04. The fourth-order valence-corrected chi connectivity index (χ4v) is 2.30. The highest BCUT2D eigenvalue weighted by Gasteiger charge is 2.21. The van der Waals surface area contributed by atoms with Crippen LogP contribution in [0, 0.1) is 5.82 Å². The van der Waals surface area contributed by atoms with Gasteiger partial charge in [0.15, 0.2) is 0 Å². The molecular weight excluding hydrogens is 289 g/mol. The second-order valence-electron chi connectivity index (χ2n) is 4.98. The van der Waals surface area contributed by atoms with Crippen LogP contribution in [-0.2, 0) is 16.0 Å². The summed E-state index contributed by atoms with van der Waals surface area (Å²) in [5.74, 6) is -1.05. The number of aliphatic hydroxyl groups excluding tert-OH is 1. The van der Waals surface area contributed by atoms with Crippen LogP contribution in [-0.4, -0.2) is 41.1 Å². The van der Waals surface area contributed by atoms with Gasteiger partial charge in [0.2, 0.25) is 11.8 Å². The number of aromatic amines is 1. The Morgan fingerprint density at radius 3 is 2.86 bits per heavy atom. The third-order valence-corrected chi connectivity index (χ3v) is 3.26. The number of amides is 2. The fourth-order valence-electron chi connectivity index (χ4n) is 2.30. The van der Waals surface area contributed by atoms with E-state index in [2.05, 4.69) is 15.6 Å². The molecule has 0 fully saturated rings. The summed E-state index contributed by atoms with van der Waals surface area (Å²) < 4.78 is 13.2. The van der Waals surface area contributed by atoms with Crippen LogP contribution in [0.1, 0.15) is 12.5 Å². The molecule has 1 unspecified atom stereocenters. The van der Waals surface area contributed by atoms with Gasteiger partial charge in [0.1, 0.15) is 11.9 Å². The van der Waals surface area contributed by atoms with Gasteiger partial charge < -0.3 is 20.7 Å². The SMILES string of the molecule is CC(=O)NC(Cc1c[nH]c2cc(F)ccc12)C(=O)NCCO. The van der Waals surface area contributed by atoms with E-state index in [-0.39, 0.29) is 37.2 Å². The Hall–Kier alpha value is -2.41. The number of fused-ring (bicyclic) bond motifs is 1. The molecule has 0 bridgehead atoms. The van der Waals surface area contributed by atoms with Crippen molar-refractivity contribution >= 4 is 22.7 Å². The number of halogens is 1. The topological polar surface area (TPSA) is 94.2 Å². The lowest BCUT2D eigenvalue weighted by molar-refractivity contribution is -0.128. The zero-order valence-corrected chi connectivity index (χ0v) is 12.1. The number of benzene rings is 1. The molecule has 0 aliphatic heterocycles. The van der Waals surface area contributed by atoms with E-state index in [9.17, 15) is 14.0 Å². The first-order chi connectivity index (χ1) is 10.5. The molecule has 0 radical (unpaired) electrons. The summed E-state index contributed by atoms with van der Waals surface area (Å²) in [6.45, 7) is 1.27. The van der Waals surface area contributed by atoms with Gasteiger partial charge in [0.25, 0.3) is 0 Å². The van der Waals surface area contributed by atoms with E-state index in [1.807, 2.05) is 0 Å². The Morgan fingerprint density at radius 1 is 1.41 bits per heavy atom. The third kappa shape index (κ3) is 3.82. The van der Waals surface area contributed by atoms with Crippen LogP contribution in [0.5, 0.6) is 0 Å². The minimum absolute atomic E-state index is 0.119. The highest BCUT2D eigenvalue weighted by atomic mass is 19.1. The highest BCUT2D eigenvalue weighted by Crippen LogP contribution is 2.20. The van der Waals surface area contributed by atoms with E-state index in [1.54, 1.807) is 12.3 Å². The Bertz CT molecular complexity index is 684. The molecule has 118 valence electrons. The maximum atomic E-state index is 13.2. The molecule has 0 saturated carbocycles. The van der Waals surface area contributed by atoms with E-state index in [0.717, 1.165) is 10.9 Å². The van der Waals surface area contributed by atoms with Crippen molar-refractivity contribution < 1.29 is 19.1 Å². The average Bonchev–Trinajstić information content (AvgIpc) is 2.85. The number of hydrogen-bond donors (Lipinski definition) is 4. The van der Waals surface area contributed by atoms with Gasteiger partial charge >= 0.3 is 0 Å². The molecule has 7 heteroatoms. The maximum absolute atomic E-state index is 13.2. The minimum Gasteiger partial charge on any atom is -0.395 e. The van der Waals surface area contributed by atoms with Gasteiger partial charge in [-0.25, -0.2) is 4.39 Å². The quantitative estimate of drug-likeness (QED) is 0.624. The average molecular weight is 307 g/mol. The molecule has 0 aliphatic carbocycles. The first kappa shape index (κ1) is 16.0. The summed E-state index contributed by atoms with van der Waals surface area (Å²) in [6.07, 6.45) is 1.96. The van der Waals surface area contributed by atoms with E-state index in [1.165, 1.54) is 19.1 Å². The van der Waals surface area contributed by atoms with Gasteiger partial charge in [0, 0.05) is 37.0 Å². The molecule has 2 aromatic rings. The fraction of sp³-hybridized carbons (Fsp3) is 0.333. The Kier molecular flexibility index (Phi) is 5.11. The van der Waals surface area contributed by atoms with Gasteiger partial charge in [-0.2, -0.15) is 0 Å². The van der Waals surface area contributed by atoms with Gasteiger partial charge in [-0.3, -0.25) is 9.59 Å². The minimum atomic E-state index is -0.756. The Labute approximate surface area is 126 Å². The van der Waals surface area contributed by atoms with Gasteiger partial charge in [0.05, 0.1) is 6.61 Å². The second-order valence-corrected chi connectivity index (χ2v) is 4.98. The molecule has 4 N–H and O–H groups in total. The molecule has 2 amide bonds. The number of nitrogens with one attached hydrogen (secondary N) is 3. The summed E-state index contributed by atoms with van der Waals surface area (Å²) >= 11 is 0. The van der Waals surface area contributed by atoms with Crippen molar-refractivity contribution in [2.75, 3.05) is 13.2 Å². The summed E-state index contributed by atoms with van der Waals surface area (Å²) in [4.78, 5) is 26.3. The number of aromatic nitrogens is 1. The molecule has 1 aromatic carbocycles. The summed E-state index contributed by atoms with van der Waals surface area (Å²) in [6, 6.07) is 3.59. The molecule has 0 spiro atoms. The van der Waals surface area contributed by atoms with Crippen molar-refractivity contribution in [2.45, 2.75) is 19.4 Å². The van der Waals surface area contributed by atoms with Crippen LogP contribution in [0.25, 0.3) is 10.9 Å². The van der Waals surface area contributed by atoms with Crippen LogP contribution < -0.4 is 10.6 Å². The van der Waals surface area contributed by atoms with E-state index in [0.29, 0.717) is 5.52 Å². The molecule has 22 heavy (non-hydrogen) atoms. The summed E-state index contributed by atoms with van der Waals surface area (Å²) in [5, 5.41) is 14.7. The smallest absolute Gasteiger partial charge is 0.243 e. The Balaban J connectivity index is 2.20. The van der Waals surface area contributed by atoms with Crippen molar-refractivity contribution in [2.24, 2.45) is 0 Å². The zero-order chi connectivity index (χ0) is 16.1. The van der Waals surface area contributed by atoms with E-state index >= 15 is 0 Å². The van der Waals surface area contributed by atoms with Crippen LogP contribution in [0.3, 0.4) is 0 Å². The monoisotopic (exact) mass is 307 g/mol. The lowest BCUT2D eigenvalue weighted by atomic mass is 10.0. The molecule has 1 atom stereocenters. The predicted molar refractivity (Wildman–Crippen MR) is 79.7 cm³/mol. The molecular formula is C15H18FN3O3. The normalized spacial score (nSPS) is 12.1. The van der Waals surface area contributed by atoms with Crippen LogP contribution in [0.2, 0.25) is 0 Å². The van der Waals surface area contributed by atoms with Gasteiger partial charge in [-0.05, 0) is 23.8 Å². The standard InChI is InChI=1S/C15H18FN3O3/c1-9(21)19-14(15(22)17-4-5-20)6-10-8-18-13-7-11(16)2-3-12(10)13/h2-3,7-8,14,18,20H,4-6H2,1H3,(H,17,22)(H,19,21). The van der Waals surface area contributed by atoms with Crippen LogP contribution in [0.15, 0.2) is 24.4 Å². The zero-order valence-electron chi connectivity index (χ0n) is 12.1. The van der Waals surface area contributed by atoms with Crippen molar-refractivity contribution in [3.8, 4) is 0 Å². The van der Waals surface area contributed by atoms with Crippen molar-refractivity contribution in [3.05, 3.63) is 35.8 Å². The lowest BCUT2D eigenvalue weighted by Crippen LogP contribution is -2.47. The largest absolute Gasteiger partial charge is 0.395 e. The maximum Gasteiger partial charge on any atom is 0.243 e. The molecule has 0 aliphatic rings.